The summed E-state index contributed by atoms with van der Waals surface area (Å²) in [5, 5.41) is 11.7. The van der Waals surface area contributed by atoms with Crippen molar-refractivity contribution in [3.8, 4) is 11.5 Å². The number of hydrogen-bond acceptors (Lipinski definition) is 4. The minimum Gasteiger partial charge on any atom is -0.493 e. The van der Waals surface area contributed by atoms with Crippen LogP contribution in [0.3, 0.4) is 0 Å². The van der Waals surface area contributed by atoms with Crippen molar-refractivity contribution in [3.63, 3.8) is 0 Å². The van der Waals surface area contributed by atoms with Gasteiger partial charge in [-0.2, -0.15) is 0 Å². The van der Waals surface area contributed by atoms with Gasteiger partial charge in [0.05, 0.1) is 25.1 Å². The molecule has 27 heavy (non-hydrogen) atoms. The van der Waals surface area contributed by atoms with Gasteiger partial charge in [0.1, 0.15) is 0 Å². The van der Waals surface area contributed by atoms with E-state index in [-0.39, 0.29) is 22.5 Å². The van der Waals surface area contributed by atoms with Crippen LogP contribution in [0.15, 0.2) is 60.3 Å². The highest BCUT2D eigenvalue weighted by molar-refractivity contribution is 5.77. The highest BCUT2D eigenvalue weighted by Gasteiger charge is 2.40. The van der Waals surface area contributed by atoms with Crippen LogP contribution >= 0.6 is 0 Å². The molecule has 0 unspecified atom stereocenters. The summed E-state index contributed by atoms with van der Waals surface area (Å²) in [6, 6.07) is 13.8. The van der Waals surface area contributed by atoms with Crippen LogP contribution in [0.4, 0.5) is 0 Å². The van der Waals surface area contributed by atoms with E-state index in [0.717, 1.165) is 29.5 Å². The lowest BCUT2D eigenvalue weighted by Gasteiger charge is -2.35. The average Bonchev–Trinajstić information content (AvgIpc) is 2.72. The Morgan fingerprint density at radius 1 is 1.04 bits per heavy atom. The van der Waals surface area contributed by atoms with Crippen LogP contribution in [0, 0.1) is 16.0 Å². The molecule has 2 aliphatic rings. The molecule has 138 valence electrons. The minimum absolute atomic E-state index is 0.0726. The van der Waals surface area contributed by atoms with Gasteiger partial charge in [-0.1, -0.05) is 36.4 Å². The van der Waals surface area contributed by atoms with E-state index < -0.39 is 0 Å². The molecule has 0 spiro atoms. The third-order valence-electron chi connectivity index (χ3n) is 5.57. The Balaban J connectivity index is 1.86. The van der Waals surface area contributed by atoms with E-state index in [1.54, 1.807) is 20.3 Å². The Morgan fingerprint density at radius 3 is 2.41 bits per heavy atom. The van der Waals surface area contributed by atoms with Crippen LogP contribution in [-0.4, -0.2) is 19.1 Å². The number of hydrogen-bond donors (Lipinski definition) is 0. The summed E-state index contributed by atoms with van der Waals surface area (Å²) in [6.07, 6.45) is 5.28. The van der Waals surface area contributed by atoms with E-state index in [2.05, 4.69) is 0 Å². The first kappa shape index (κ1) is 17.3. The molecule has 0 saturated heterocycles. The molecule has 2 aromatic rings. The van der Waals surface area contributed by atoms with Crippen LogP contribution in [0.2, 0.25) is 0 Å². The number of ether oxygens (including phenoxy) is 2. The second-order valence-corrected chi connectivity index (χ2v) is 6.87. The lowest BCUT2D eigenvalue weighted by molar-refractivity contribution is -0.431. The van der Waals surface area contributed by atoms with Gasteiger partial charge >= 0.3 is 0 Å². The third kappa shape index (κ3) is 2.89. The largest absolute Gasteiger partial charge is 0.493 e. The Morgan fingerprint density at radius 2 is 1.74 bits per heavy atom. The second kappa shape index (κ2) is 6.91. The van der Waals surface area contributed by atoms with Gasteiger partial charge in [-0.25, -0.2) is 0 Å². The van der Waals surface area contributed by atoms with Crippen molar-refractivity contribution < 1.29 is 14.4 Å². The standard InChI is InChI=1S/C22H21NO4/c1-26-20-12-15-8-9-17-16(18(15)13-21(20)27-2)10-11-19(23(24)25)22(17)14-6-4-3-5-7-14/h3-7,10-13,17,22H,8-9H2,1-2H3/t17-,22+/m0/s1. The second-order valence-electron chi connectivity index (χ2n) is 6.87. The van der Waals surface area contributed by atoms with Crippen molar-refractivity contribution in [3.05, 3.63) is 87.1 Å². The van der Waals surface area contributed by atoms with E-state index in [9.17, 15) is 10.1 Å². The zero-order valence-corrected chi connectivity index (χ0v) is 15.3. The highest BCUT2D eigenvalue weighted by atomic mass is 16.6. The van der Waals surface area contributed by atoms with Crippen LogP contribution in [0.5, 0.6) is 11.5 Å². The SMILES string of the molecule is COc1cc2c(cc1OC)C1=CC=C([N+](=O)[O-])[C@H](c3ccccc3)[C@H]1CC2. The molecule has 0 saturated carbocycles. The minimum atomic E-state index is -0.248. The molecule has 0 amide bonds. The Hall–Kier alpha value is -3.08. The van der Waals surface area contributed by atoms with Crippen molar-refractivity contribution in [2.24, 2.45) is 5.92 Å². The summed E-state index contributed by atoms with van der Waals surface area (Å²) < 4.78 is 10.9. The van der Waals surface area contributed by atoms with Crippen molar-refractivity contribution in [1.82, 2.24) is 0 Å². The molecule has 0 radical (unpaired) electrons. The zero-order chi connectivity index (χ0) is 19.0. The van der Waals surface area contributed by atoms with E-state index in [4.69, 9.17) is 9.47 Å². The van der Waals surface area contributed by atoms with Crippen LogP contribution in [-0.2, 0) is 6.42 Å². The lowest BCUT2D eigenvalue weighted by atomic mass is 9.68. The monoisotopic (exact) mass is 363 g/mol. The van der Waals surface area contributed by atoms with Gasteiger partial charge in [-0.3, -0.25) is 10.1 Å². The molecule has 0 aliphatic heterocycles. The highest BCUT2D eigenvalue weighted by Crippen LogP contribution is 2.50. The Labute approximate surface area is 158 Å². The van der Waals surface area contributed by atoms with Gasteiger partial charge in [-0.15, -0.1) is 0 Å². The van der Waals surface area contributed by atoms with E-state index in [0.29, 0.717) is 11.5 Å². The molecular formula is C22H21NO4. The van der Waals surface area contributed by atoms with Gasteiger partial charge < -0.3 is 9.47 Å². The predicted octanol–water partition coefficient (Wildman–Crippen LogP) is 4.61. The fourth-order valence-corrected chi connectivity index (χ4v) is 4.35. The number of nitrogens with zero attached hydrogens (tertiary/aromatic N) is 1. The maximum Gasteiger partial charge on any atom is 0.254 e. The fraction of sp³-hybridized carbons (Fsp3) is 0.273. The third-order valence-corrected chi connectivity index (χ3v) is 5.57. The Bertz CT molecular complexity index is 946. The van der Waals surface area contributed by atoms with Crippen molar-refractivity contribution in [2.45, 2.75) is 18.8 Å². The number of fused-ring (bicyclic) bond motifs is 3. The zero-order valence-electron chi connectivity index (χ0n) is 15.3. The van der Waals surface area contributed by atoms with E-state index in [1.807, 2.05) is 48.5 Å². The molecule has 0 bridgehead atoms. The lowest BCUT2D eigenvalue weighted by Crippen LogP contribution is -2.26. The summed E-state index contributed by atoms with van der Waals surface area (Å²) in [5.74, 6) is 1.22. The summed E-state index contributed by atoms with van der Waals surface area (Å²) in [7, 11) is 3.25. The molecule has 0 heterocycles. The maximum atomic E-state index is 11.7. The molecule has 0 N–H and O–H groups in total. The summed E-state index contributed by atoms with van der Waals surface area (Å²) in [6.45, 7) is 0. The smallest absolute Gasteiger partial charge is 0.254 e. The topological polar surface area (TPSA) is 61.6 Å². The number of nitro groups is 1. The quantitative estimate of drug-likeness (QED) is 0.588. The predicted molar refractivity (Wildman–Crippen MR) is 104 cm³/mol. The number of benzene rings is 2. The number of allylic oxidation sites excluding steroid dienone is 4. The summed E-state index contributed by atoms with van der Waals surface area (Å²) in [5.41, 5.74) is 4.68. The number of rotatable bonds is 4. The van der Waals surface area contributed by atoms with E-state index in [1.165, 1.54) is 5.56 Å². The maximum absolute atomic E-state index is 11.7. The van der Waals surface area contributed by atoms with Gasteiger partial charge in [-0.05, 0) is 47.2 Å². The number of aryl methyl sites for hydroxylation is 1. The normalized spacial score (nSPS) is 20.7. The summed E-state index contributed by atoms with van der Waals surface area (Å²) in [4.78, 5) is 11.5. The molecular weight excluding hydrogens is 342 g/mol. The van der Waals surface area contributed by atoms with Crippen LogP contribution in [0.1, 0.15) is 29.0 Å². The van der Waals surface area contributed by atoms with Crippen LogP contribution < -0.4 is 9.47 Å². The van der Waals surface area contributed by atoms with Crippen molar-refractivity contribution in [1.29, 1.82) is 0 Å². The van der Waals surface area contributed by atoms with Gasteiger partial charge in [0.15, 0.2) is 11.5 Å². The average molecular weight is 363 g/mol. The van der Waals surface area contributed by atoms with E-state index >= 15 is 0 Å². The first-order valence-corrected chi connectivity index (χ1v) is 9.00. The van der Waals surface area contributed by atoms with Crippen LogP contribution in [0.25, 0.3) is 5.57 Å². The van der Waals surface area contributed by atoms with Gasteiger partial charge in [0.25, 0.3) is 5.70 Å². The van der Waals surface area contributed by atoms with Crippen molar-refractivity contribution >= 4 is 5.57 Å². The first-order chi connectivity index (χ1) is 13.1. The molecule has 0 aromatic heterocycles. The molecule has 2 aromatic carbocycles. The molecule has 2 atom stereocenters. The molecule has 2 aliphatic carbocycles. The van der Waals surface area contributed by atoms with Crippen molar-refractivity contribution in [2.75, 3.05) is 14.2 Å². The molecule has 0 fully saturated rings. The van der Waals surface area contributed by atoms with Gasteiger partial charge in [0.2, 0.25) is 0 Å². The molecule has 5 nitrogen and oxygen atoms in total. The molecule has 4 rings (SSSR count). The fourth-order valence-electron chi connectivity index (χ4n) is 4.35. The van der Waals surface area contributed by atoms with Gasteiger partial charge in [0, 0.05) is 12.0 Å². The molecule has 5 heteroatoms. The first-order valence-electron chi connectivity index (χ1n) is 9.00. The number of methoxy groups -OCH3 is 2. The Kier molecular flexibility index (Phi) is 4.44. The summed E-state index contributed by atoms with van der Waals surface area (Å²) >= 11 is 0.